The molecule has 3 rings (SSSR count). The van der Waals surface area contributed by atoms with E-state index in [1.165, 1.54) is 12.0 Å². The van der Waals surface area contributed by atoms with Gasteiger partial charge in [0.1, 0.15) is 11.9 Å². The Morgan fingerprint density at radius 3 is 2.62 bits per heavy atom. The number of unbranched alkanes of at least 4 members (excludes halogenated alkanes) is 4. The highest BCUT2D eigenvalue weighted by Crippen LogP contribution is 2.25. The van der Waals surface area contributed by atoms with Crippen molar-refractivity contribution >= 4 is 17.7 Å². The van der Waals surface area contributed by atoms with Crippen molar-refractivity contribution in [1.29, 1.82) is 0 Å². The third-order valence-electron chi connectivity index (χ3n) is 6.56. The molecule has 0 spiro atoms. The van der Waals surface area contributed by atoms with Crippen molar-refractivity contribution in [3.05, 3.63) is 23.4 Å². The van der Waals surface area contributed by atoms with Gasteiger partial charge in [0.25, 0.3) is 0 Å². The number of carboxylic acid groups (broad SMARTS) is 1. The summed E-state index contributed by atoms with van der Waals surface area (Å²) in [6.45, 7) is 4.93. The van der Waals surface area contributed by atoms with Crippen LogP contribution in [-0.4, -0.2) is 46.8 Å². The van der Waals surface area contributed by atoms with Crippen LogP contribution in [0.25, 0.3) is 0 Å². The SMILES string of the molecule is CC1CC(C(=O)NC(CCCCCCCc2ccc3c(n2)NCCC3)C(=O)O)CC(C)O1. The van der Waals surface area contributed by atoms with Crippen LogP contribution < -0.4 is 10.6 Å². The highest BCUT2D eigenvalue weighted by molar-refractivity contribution is 5.85. The second-order valence-electron chi connectivity index (χ2n) is 9.47. The standard InChI is InChI=1S/C25H39N3O4/c1-17-15-20(16-18(2)32-17)24(29)28-22(25(30)31)11-7-5-3-4-6-10-21-13-12-19-9-8-14-26-23(19)27-21/h12-13,17-18,20,22H,3-11,14-16H2,1-2H3,(H,26,27)(H,28,29)(H,30,31). The van der Waals surface area contributed by atoms with E-state index in [9.17, 15) is 14.7 Å². The molecule has 2 aliphatic heterocycles. The van der Waals surface area contributed by atoms with Crippen molar-refractivity contribution in [2.24, 2.45) is 5.92 Å². The van der Waals surface area contributed by atoms with Crippen LogP contribution in [0.1, 0.15) is 82.9 Å². The summed E-state index contributed by atoms with van der Waals surface area (Å²) in [7, 11) is 0. The second kappa shape index (κ2) is 12.2. The maximum atomic E-state index is 12.6. The molecule has 178 valence electrons. The van der Waals surface area contributed by atoms with E-state index in [-0.39, 0.29) is 24.0 Å². The van der Waals surface area contributed by atoms with E-state index in [0.717, 1.165) is 63.0 Å². The molecule has 1 saturated heterocycles. The zero-order chi connectivity index (χ0) is 22.9. The lowest BCUT2D eigenvalue weighted by molar-refractivity contribution is -0.144. The molecule has 0 bridgehead atoms. The minimum absolute atomic E-state index is 0.0329. The van der Waals surface area contributed by atoms with Gasteiger partial charge in [0.15, 0.2) is 0 Å². The van der Waals surface area contributed by atoms with Gasteiger partial charge in [0.2, 0.25) is 5.91 Å². The second-order valence-corrected chi connectivity index (χ2v) is 9.47. The first-order chi connectivity index (χ1) is 15.4. The molecule has 1 aromatic heterocycles. The first-order valence-corrected chi connectivity index (χ1v) is 12.3. The Balaban J connectivity index is 1.31. The van der Waals surface area contributed by atoms with Gasteiger partial charge in [0.05, 0.1) is 12.2 Å². The van der Waals surface area contributed by atoms with E-state index in [4.69, 9.17) is 9.72 Å². The maximum absolute atomic E-state index is 12.6. The number of carboxylic acids is 1. The fourth-order valence-corrected chi connectivity index (χ4v) is 4.86. The Morgan fingerprint density at radius 2 is 1.88 bits per heavy atom. The number of aryl methyl sites for hydroxylation is 2. The molecule has 3 heterocycles. The first kappa shape index (κ1) is 24.5. The van der Waals surface area contributed by atoms with Crippen LogP contribution in [0.5, 0.6) is 0 Å². The molecule has 3 atom stereocenters. The van der Waals surface area contributed by atoms with Gasteiger partial charge in [-0.15, -0.1) is 0 Å². The molecule has 1 aromatic rings. The van der Waals surface area contributed by atoms with Gasteiger partial charge < -0.3 is 20.5 Å². The quantitative estimate of drug-likeness (QED) is 0.444. The van der Waals surface area contributed by atoms with E-state index in [0.29, 0.717) is 19.3 Å². The summed E-state index contributed by atoms with van der Waals surface area (Å²) in [5, 5.41) is 15.7. The lowest BCUT2D eigenvalue weighted by atomic mass is 9.91. The van der Waals surface area contributed by atoms with Gasteiger partial charge >= 0.3 is 5.97 Å². The van der Waals surface area contributed by atoms with Crippen LogP contribution in [0.2, 0.25) is 0 Å². The molecule has 0 saturated carbocycles. The van der Waals surface area contributed by atoms with Crippen molar-refractivity contribution in [2.75, 3.05) is 11.9 Å². The molecular weight excluding hydrogens is 406 g/mol. The van der Waals surface area contributed by atoms with Gasteiger partial charge in [-0.2, -0.15) is 0 Å². The molecule has 3 unspecified atom stereocenters. The van der Waals surface area contributed by atoms with Crippen LogP contribution >= 0.6 is 0 Å². The summed E-state index contributed by atoms with van der Waals surface area (Å²) in [6.07, 6.45) is 10.2. The van der Waals surface area contributed by atoms with Crippen LogP contribution in [0.4, 0.5) is 5.82 Å². The van der Waals surface area contributed by atoms with E-state index in [1.807, 2.05) is 13.8 Å². The van der Waals surface area contributed by atoms with Crippen molar-refractivity contribution in [1.82, 2.24) is 10.3 Å². The predicted molar refractivity (Wildman–Crippen MR) is 125 cm³/mol. The number of fused-ring (bicyclic) bond motifs is 1. The molecule has 2 aliphatic rings. The number of anilines is 1. The highest BCUT2D eigenvalue weighted by atomic mass is 16.5. The Morgan fingerprint density at radius 1 is 1.16 bits per heavy atom. The summed E-state index contributed by atoms with van der Waals surface area (Å²) in [4.78, 5) is 28.9. The summed E-state index contributed by atoms with van der Waals surface area (Å²) < 4.78 is 5.68. The summed E-state index contributed by atoms with van der Waals surface area (Å²) in [5.74, 6) is -0.201. The van der Waals surface area contributed by atoms with Gasteiger partial charge in [-0.3, -0.25) is 4.79 Å². The number of aliphatic carboxylic acids is 1. The van der Waals surface area contributed by atoms with Crippen molar-refractivity contribution in [2.45, 2.75) is 103 Å². The normalized spacial score (nSPS) is 23.6. The van der Waals surface area contributed by atoms with Gasteiger partial charge in [0, 0.05) is 18.2 Å². The maximum Gasteiger partial charge on any atom is 0.326 e. The van der Waals surface area contributed by atoms with E-state index >= 15 is 0 Å². The number of amides is 1. The molecule has 32 heavy (non-hydrogen) atoms. The molecule has 1 fully saturated rings. The van der Waals surface area contributed by atoms with E-state index < -0.39 is 12.0 Å². The average molecular weight is 446 g/mol. The smallest absolute Gasteiger partial charge is 0.326 e. The van der Waals surface area contributed by atoms with Crippen LogP contribution in [0.15, 0.2) is 12.1 Å². The Bertz CT molecular complexity index is 760. The first-order valence-electron chi connectivity index (χ1n) is 12.3. The molecule has 3 N–H and O–H groups in total. The number of rotatable bonds is 11. The lowest BCUT2D eigenvalue weighted by Gasteiger charge is -2.31. The fraction of sp³-hybridized carbons (Fsp3) is 0.720. The molecule has 7 heteroatoms. The Kier molecular flexibility index (Phi) is 9.33. The molecule has 7 nitrogen and oxygen atoms in total. The van der Waals surface area contributed by atoms with Gasteiger partial charge in [-0.25, -0.2) is 9.78 Å². The number of aromatic nitrogens is 1. The summed E-state index contributed by atoms with van der Waals surface area (Å²) in [5.41, 5.74) is 2.46. The number of nitrogens with one attached hydrogen (secondary N) is 2. The number of carbonyl (C=O) groups is 2. The summed E-state index contributed by atoms with van der Waals surface area (Å²) >= 11 is 0. The third-order valence-corrected chi connectivity index (χ3v) is 6.56. The predicted octanol–water partition coefficient (Wildman–Crippen LogP) is 4.10. The van der Waals surface area contributed by atoms with Crippen molar-refractivity contribution < 1.29 is 19.4 Å². The van der Waals surface area contributed by atoms with Crippen LogP contribution in [-0.2, 0) is 27.2 Å². The van der Waals surface area contributed by atoms with Crippen LogP contribution in [0, 0.1) is 5.92 Å². The Hall–Kier alpha value is -2.15. The topological polar surface area (TPSA) is 101 Å². The van der Waals surface area contributed by atoms with Gasteiger partial charge in [-0.05, 0) is 70.4 Å². The zero-order valence-electron chi connectivity index (χ0n) is 19.6. The van der Waals surface area contributed by atoms with Gasteiger partial charge in [-0.1, -0.05) is 31.7 Å². The molecule has 0 radical (unpaired) electrons. The fourth-order valence-electron chi connectivity index (χ4n) is 4.86. The minimum Gasteiger partial charge on any atom is -0.480 e. The monoisotopic (exact) mass is 445 g/mol. The lowest BCUT2D eigenvalue weighted by Crippen LogP contribution is -2.46. The molecule has 0 aromatic carbocycles. The van der Waals surface area contributed by atoms with E-state index in [1.54, 1.807) is 0 Å². The number of hydrogen-bond acceptors (Lipinski definition) is 5. The molecule has 0 aliphatic carbocycles. The largest absolute Gasteiger partial charge is 0.480 e. The Labute approximate surface area is 191 Å². The van der Waals surface area contributed by atoms with E-state index in [2.05, 4.69) is 22.8 Å². The van der Waals surface area contributed by atoms with Crippen molar-refractivity contribution in [3.8, 4) is 0 Å². The summed E-state index contributed by atoms with van der Waals surface area (Å²) in [6, 6.07) is 3.54. The van der Waals surface area contributed by atoms with Crippen LogP contribution in [0.3, 0.4) is 0 Å². The van der Waals surface area contributed by atoms with Crippen molar-refractivity contribution in [3.63, 3.8) is 0 Å². The number of carbonyl (C=O) groups excluding carboxylic acids is 1. The zero-order valence-corrected chi connectivity index (χ0v) is 19.6. The third kappa shape index (κ3) is 7.47. The molecular formula is C25H39N3O4. The molecule has 1 amide bonds. The highest BCUT2D eigenvalue weighted by Gasteiger charge is 2.31. The number of nitrogens with zero attached hydrogens (tertiary/aromatic N) is 1. The number of pyridine rings is 1. The minimum atomic E-state index is -0.946. The number of hydrogen-bond donors (Lipinski definition) is 3. The average Bonchev–Trinajstić information content (AvgIpc) is 2.76. The number of ether oxygens (including phenoxy) is 1.